The molecule has 0 aromatic rings. The first kappa shape index (κ1) is 22.4. The van der Waals surface area contributed by atoms with Crippen molar-refractivity contribution >= 4 is 7.82 Å². The Morgan fingerprint density at radius 2 is 1.12 bits per heavy atom. The van der Waals surface area contributed by atoms with E-state index in [-0.39, 0.29) is 78.5 Å². The molecule has 0 heterocycles. The average Bonchev–Trinajstić information content (AvgIpc) is 0.722. The van der Waals surface area contributed by atoms with Crippen molar-refractivity contribution in [2.24, 2.45) is 0 Å². The van der Waals surface area contributed by atoms with Gasteiger partial charge in [-0.25, -0.2) is 4.57 Å². The summed E-state index contributed by atoms with van der Waals surface area (Å²) >= 11 is 0. The summed E-state index contributed by atoms with van der Waals surface area (Å²) in [5.74, 6) is 0. The quantitative estimate of drug-likeness (QED) is 0.271. The molecule has 3 N–H and O–H groups in total. The van der Waals surface area contributed by atoms with Gasteiger partial charge in [-0.3, -0.25) is 0 Å². The van der Waals surface area contributed by atoms with E-state index in [0.717, 1.165) is 0 Å². The minimum Gasteiger partial charge on any atom is -1.00 e. The van der Waals surface area contributed by atoms with Crippen molar-refractivity contribution < 1.29 is 97.7 Å². The van der Waals surface area contributed by atoms with Gasteiger partial charge < -0.3 is 17.5 Å². The van der Waals surface area contributed by atoms with Gasteiger partial charge in [-0.1, -0.05) is 0 Å². The summed E-state index contributed by atoms with van der Waals surface area (Å²) in [6.45, 7) is 0. The minimum atomic E-state index is -4.64. The van der Waals surface area contributed by atoms with Crippen molar-refractivity contribution in [2.45, 2.75) is 0 Å². The van der Waals surface area contributed by atoms with E-state index in [4.69, 9.17) is 19.2 Å². The first-order valence-electron chi connectivity index (χ1n) is 0.783. The standard InChI is InChI=1S/2Na.Ni.H3O4P.2H/c;;;1-5(2,3)4;;/h;;;(H3,1,2,3,4);;/q2*+1;;;2*-1. The molecule has 0 aromatic heterocycles. The average molecular weight is 205 g/mol. The molecule has 8 heavy (non-hydrogen) atoms. The van der Waals surface area contributed by atoms with Gasteiger partial charge in [-0.05, 0) is 0 Å². The van der Waals surface area contributed by atoms with Gasteiger partial charge in [-0.15, -0.1) is 0 Å². The summed E-state index contributed by atoms with van der Waals surface area (Å²) in [4.78, 5) is 21.6. The largest absolute Gasteiger partial charge is 1.00 e. The minimum absolute atomic E-state index is 0. The third-order valence-corrected chi connectivity index (χ3v) is 0. The molecule has 46 valence electrons. The van der Waals surface area contributed by atoms with E-state index in [9.17, 15) is 0 Å². The molecule has 0 aromatic carbocycles. The molecule has 0 aliphatic rings. The molecule has 0 fully saturated rings. The predicted octanol–water partition coefficient (Wildman–Crippen LogP) is -6.70. The first-order valence-corrected chi connectivity index (χ1v) is 2.35. The third kappa shape index (κ3) is 73.4. The summed E-state index contributed by atoms with van der Waals surface area (Å²) in [6, 6.07) is 0. The molecule has 8 heteroatoms. The van der Waals surface area contributed by atoms with E-state index in [1.165, 1.54) is 0 Å². The van der Waals surface area contributed by atoms with Crippen molar-refractivity contribution in [2.75, 3.05) is 0 Å². The van der Waals surface area contributed by atoms with Crippen LogP contribution in [0.5, 0.6) is 0 Å². The maximum absolute atomic E-state index is 8.88. The second-order valence-electron chi connectivity index (χ2n) is 0.513. The van der Waals surface area contributed by atoms with Crippen LogP contribution in [0.4, 0.5) is 0 Å². The van der Waals surface area contributed by atoms with Crippen LogP contribution in [0.15, 0.2) is 0 Å². The van der Waals surface area contributed by atoms with Gasteiger partial charge in [-0.2, -0.15) is 0 Å². The summed E-state index contributed by atoms with van der Waals surface area (Å²) in [5.41, 5.74) is 0. The fraction of sp³-hybridized carbons (Fsp3) is 0. The van der Waals surface area contributed by atoms with E-state index < -0.39 is 7.82 Å². The van der Waals surface area contributed by atoms with Gasteiger partial charge in [0.2, 0.25) is 0 Å². The maximum atomic E-state index is 8.88. The van der Waals surface area contributed by atoms with Gasteiger partial charge in [0, 0.05) is 16.5 Å². The Hall–Kier alpha value is 2.60. The monoisotopic (exact) mass is 204 g/mol. The van der Waals surface area contributed by atoms with E-state index in [1.807, 2.05) is 0 Å². The fourth-order valence-corrected chi connectivity index (χ4v) is 0. The van der Waals surface area contributed by atoms with Crippen molar-refractivity contribution in [1.82, 2.24) is 0 Å². The van der Waals surface area contributed by atoms with Crippen LogP contribution in [0.1, 0.15) is 2.85 Å². The molecular formula is H5Na2NiO4P. The van der Waals surface area contributed by atoms with E-state index >= 15 is 0 Å². The normalized spacial score (nSPS) is 7.38. The number of phosphoric acid groups is 1. The number of rotatable bonds is 0. The third-order valence-electron chi connectivity index (χ3n) is 0. The van der Waals surface area contributed by atoms with Crippen LogP contribution in [0.2, 0.25) is 0 Å². The molecule has 0 amide bonds. The summed E-state index contributed by atoms with van der Waals surface area (Å²) in [5, 5.41) is 0. The van der Waals surface area contributed by atoms with Gasteiger partial charge in [0.05, 0.1) is 0 Å². The Morgan fingerprint density at radius 1 is 1.12 bits per heavy atom. The van der Waals surface area contributed by atoms with E-state index in [1.54, 1.807) is 0 Å². The van der Waals surface area contributed by atoms with Crippen molar-refractivity contribution in [3.63, 3.8) is 0 Å². The zero-order chi connectivity index (χ0) is 4.50. The van der Waals surface area contributed by atoms with Crippen LogP contribution >= 0.6 is 7.82 Å². The molecule has 4 nitrogen and oxygen atoms in total. The number of hydrogen-bond acceptors (Lipinski definition) is 1. The zero-order valence-electron chi connectivity index (χ0n) is 6.51. The van der Waals surface area contributed by atoms with Gasteiger partial charge in [0.1, 0.15) is 0 Å². The molecule has 0 aliphatic carbocycles. The Balaban J connectivity index is -0.00000000800. The van der Waals surface area contributed by atoms with Gasteiger partial charge in [0.25, 0.3) is 0 Å². The van der Waals surface area contributed by atoms with Crippen LogP contribution in [0.3, 0.4) is 0 Å². The number of hydrogen-bond donors (Lipinski definition) is 3. The molecule has 0 saturated carbocycles. The van der Waals surface area contributed by atoms with Crippen LogP contribution < -0.4 is 59.1 Å². The van der Waals surface area contributed by atoms with Crippen LogP contribution in [0, 0.1) is 0 Å². The summed E-state index contributed by atoms with van der Waals surface area (Å²) < 4.78 is 8.88. The van der Waals surface area contributed by atoms with Crippen LogP contribution in [-0.4, -0.2) is 14.7 Å². The predicted molar refractivity (Wildman–Crippen MR) is 16.5 cm³/mol. The fourth-order valence-electron chi connectivity index (χ4n) is 0. The van der Waals surface area contributed by atoms with Crippen molar-refractivity contribution in [3.05, 3.63) is 0 Å². The molecule has 0 bridgehead atoms. The van der Waals surface area contributed by atoms with E-state index in [0.29, 0.717) is 0 Å². The Bertz CT molecular complexity index is 67.4. The summed E-state index contributed by atoms with van der Waals surface area (Å²) in [6.07, 6.45) is 0. The maximum Gasteiger partial charge on any atom is 1.00 e. The summed E-state index contributed by atoms with van der Waals surface area (Å²) in [7, 11) is -4.64. The van der Waals surface area contributed by atoms with Gasteiger partial charge >= 0.3 is 66.9 Å². The smallest absolute Gasteiger partial charge is 1.00 e. The topological polar surface area (TPSA) is 77.8 Å². The molecule has 0 unspecified atom stereocenters. The molecule has 0 aliphatic heterocycles. The molecule has 0 atom stereocenters. The second kappa shape index (κ2) is 9.60. The molecule has 0 spiro atoms. The SMILES string of the molecule is O=P(O)(O)O.[H-].[H-].[Na+].[Na+].[Ni]. The van der Waals surface area contributed by atoms with E-state index in [2.05, 4.69) is 0 Å². The molecular weight excluding hydrogens is 200 g/mol. The van der Waals surface area contributed by atoms with Crippen LogP contribution in [0.25, 0.3) is 0 Å². The molecule has 0 saturated heterocycles. The molecule has 0 rings (SSSR count). The molecule has 0 radical (unpaired) electrons. The Kier molecular flexibility index (Phi) is 26.9. The first-order chi connectivity index (χ1) is 2.00. The van der Waals surface area contributed by atoms with Crippen molar-refractivity contribution in [1.29, 1.82) is 0 Å². The second-order valence-corrected chi connectivity index (χ2v) is 1.54. The van der Waals surface area contributed by atoms with Crippen LogP contribution in [-0.2, 0) is 21.1 Å². The van der Waals surface area contributed by atoms with Crippen molar-refractivity contribution in [3.8, 4) is 0 Å². The zero-order valence-corrected chi connectivity index (χ0v) is 10.4. The Morgan fingerprint density at radius 3 is 1.12 bits per heavy atom. The van der Waals surface area contributed by atoms with Gasteiger partial charge in [0.15, 0.2) is 0 Å². The Labute approximate surface area is 104 Å².